The molecule has 1 aromatic heterocycles. The summed E-state index contributed by atoms with van der Waals surface area (Å²) in [5, 5.41) is 0. The van der Waals surface area contributed by atoms with Crippen molar-refractivity contribution in [2.24, 2.45) is 0 Å². The minimum Gasteiger partial charge on any atom is -0.497 e. The first-order chi connectivity index (χ1) is 18.7. The second-order valence-electron chi connectivity index (χ2n) is 8.43. The molecule has 6 nitrogen and oxygen atoms in total. The molecule has 0 aliphatic heterocycles. The highest BCUT2D eigenvalue weighted by Crippen LogP contribution is 2.45. The molecule has 196 valence electrons. The summed E-state index contributed by atoms with van der Waals surface area (Å²) >= 11 is 0. The Kier molecular flexibility index (Phi) is 8.88. The predicted molar refractivity (Wildman–Crippen MR) is 152 cm³/mol. The second kappa shape index (κ2) is 12.7. The summed E-state index contributed by atoms with van der Waals surface area (Å²) in [7, 11) is 3.28. The van der Waals surface area contributed by atoms with Crippen molar-refractivity contribution in [1.29, 1.82) is 0 Å². The predicted octanol–water partition coefficient (Wildman–Crippen LogP) is 7.74. The van der Waals surface area contributed by atoms with Crippen molar-refractivity contribution in [1.82, 2.24) is 9.97 Å². The number of ether oxygens (including phenoxy) is 4. The Labute approximate surface area is 224 Å². The molecule has 0 bridgehead atoms. The third-order valence-corrected chi connectivity index (χ3v) is 6.07. The molecule has 0 atom stereocenters. The smallest absolute Gasteiger partial charge is 0.204 e. The van der Waals surface area contributed by atoms with E-state index in [2.05, 4.69) is 4.98 Å². The van der Waals surface area contributed by atoms with Crippen LogP contribution in [0.1, 0.15) is 30.5 Å². The van der Waals surface area contributed by atoms with E-state index in [9.17, 15) is 0 Å². The number of benzene rings is 4. The number of rotatable bonds is 9. The summed E-state index contributed by atoms with van der Waals surface area (Å²) in [5.74, 6) is 3.25. The SMILES string of the molecule is CC.COc1ccc2nc(-c3cc(OC)c(OCc4ccccc4)c(OCc4ccccc4)c3C)[nH]c2c1. The van der Waals surface area contributed by atoms with Crippen LogP contribution in [0.4, 0.5) is 0 Å². The molecule has 1 N–H and O–H groups in total. The maximum absolute atomic E-state index is 6.39. The van der Waals surface area contributed by atoms with Crippen LogP contribution in [0.3, 0.4) is 0 Å². The maximum Gasteiger partial charge on any atom is 0.204 e. The molecular weight excluding hydrogens is 476 g/mol. The van der Waals surface area contributed by atoms with Gasteiger partial charge in [0.05, 0.1) is 25.3 Å². The molecule has 0 aliphatic carbocycles. The molecule has 0 aliphatic rings. The molecule has 5 aromatic rings. The first kappa shape index (κ1) is 26.6. The Balaban J connectivity index is 0.00000164. The van der Waals surface area contributed by atoms with Crippen LogP contribution in [0, 0.1) is 6.92 Å². The quantitative estimate of drug-likeness (QED) is 0.220. The minimum absolute atomic E-state index is 0.391. The number of hydrogen-bond donors (Lipinski definition) is 1. The van der Waals surface area contributed by atoms with E-state index in [1.54, 1.807) is 14.2 Å². The van der Waals surface area contributed by atoms with Gasteiger partial charge in [-0.3, -0.25) is 0 Å². The molecule has 0 amide bonds. The van der Waals surface area contributed by atoms with Crippen molar-refractivity contribution in [2.75, 3.05) is 14.2 Å². The monoisotopic (exact) mass is 510 g/mol. The molecule has 38 heavy (non-hydrogen) atoms. The highest BCUT2D eigenvalue weighted by atomic mass is 16.5. The molecule has 4 aromatic carbocycles. The van der Waals surface area contributed by atoms with Gasteiger partial charge < -0.3 is 23.9 Å². The van der Waals surface area contributed by atoms with Crippen molar-refractivity contribution >= 4 is 11.0 Å². The van der Waals surface area contributed by atoms with Gasteiger partial charge in [-0.25, -0.2) is 4.98 Å². The van der Waals surface area contributed by atoms with E-state index in [1.165, 1.54) is 0 Å². The summed E-state index contributed by atoms with van der Waals surface area (Å²) in [6.45, 7) is 6.80. The van der Waals surface area contributed by atoms with Crippen molar-refractivity contribution in [3.63, 3.8) is 0 Å². The first-order valence-corrected chi connectivity index (χ1v) is 12.8. The number of imidazole rings is 1. The van der Waals surface area contributed by atoms with Gasteiger partial charge in [0.1, 0.15) is 24.8 Å². The van der Waals surface area contributed by atoms with Gasteiger partial charge in [-0.1, -0.05) is 74.5 Å². The Hall–Kier alpha value is -4.45. The van der Waals surface area contributed by atoms with E-state index in [0.717, 1.165) is 39.0 Å². The van der Waals surface area contributed by atoms with Crippen molar-refractivity contribution in [3.05, 3.63) is 102 Å². The number of aromatic amines is 1. The zero-order chi connectivity index (χ0) is 26.9. The van der Waals surface area contributed by atoms with Gasteiger partial charge in [0, 0.05) is 17.2 Å². The fraction of sp³-hybridized carbons (Fsp3) is 0.219. The molecule has 0 spiro atoms. The number of fused-ring (bicyclic) bond motifs is 1. The van der Waals surface area contributed by atoms with Gasteiger partial charge in [-0.15, -0.1) is 0 Å². The second-order valence-corrected chi connectivity index (χ2v) is 8.43. The molecule has 0 radical (unpaired) electrons. The van der Waals surface area contributed by atoms with E-state index >= 15 is 0 Å². The zero-order valence-corrected chi connectivity index (χ0v) is 22.6. The number of nitrogens with one attached hydrogen (secondary N) is 1. The van der Waals surface area contributed by atoms with Crippen LogP contribution < -0.4 is 18.9 Å². The fourth-order valence-corrected chi connectivity index (χ4v) is 4.12. The van der Waals surface area contributed by atoms with Crippen LogP contribution in [0.25, 0.3) is 22.4 Å². The Bertz CT molecular complexity index is 1460. The molecular formula is C32H34N2O4. The van der Waals surface area contributed by atoms with Gasteiger partial charge in [-0.05, 0) is 36.2 Å². The highest BCUT2D eigenvalue weighted by molar-refractivity contribution is 5.83. The van der Waals surface area contributed by atoms with Crippen molar-refractivity contribution in [3.8, 4) is 34.4 Å². The molecule has 0 fully saturated rings. The lowest BCUT2D eigenvalue weighted by molar-refractivity contribution is 0.243. The Morgan fingerprint density at radius 1 is 0.711 bits per heavy atom. The van der Waals surface area contributed by atoms with Crippen LogP contribution in [0.5, 0.6) is 23.0 Å². The largest absolute Gasteiger partial charge is 0.497 e. The van der Waals surface area contributed by atoms with E-state index in [1.807, 2.05) is 106 Å². The molecule has 0 saturated carbocycles. The molecule has 1 heterocycles. The maximum atomic E-state index is 6.39. The molecule has 6 heteroatoms. The highest BCUT2D eigenvalue weighted by Gasteiger charge is 2.22. The number of aromatic nitrogens is 2. The summed E-state index contributed by atoms with van der Waals surface area (Å²) < 4.78 is 23.8. The lowest BCUT2D eigenvalue weighted by Gasteiger charge is -2.20. The summed E-state index contributed by atoms with van der Waals surface area (Å²) in [6.07, 6.45) is 0. The van der Waals surface area contributed by atoms with Gasteiger partial charge >= 0.3 is 0 Å². The third kappa shape index (κ3) is 5.92. The van der Waals surface area contributed by atoms with Gasteiger partial charge in [-0.2, -0.15) is 0 Å². The fourth-order valence-electron chi connectivity index (χ4n) is 4.12. The number of hydrogen-bond acceptors (Lipinski definition) is 5. The normalized spacial score (nSPS) is 10.4. The van der Waals surface area contributed by atoms with Gasteiger partial charge in [0.25, 0.3) is 0 Å². The van der Waals surface area contributed by atoms with Crippen LogP contribution in [-0.2, 0) is 13.2 Å². The Morgan fingerprint density at radius 3 is 1.89 bits per heavy atom. The minimum atomic E-state index is 0.391. The lowest BCUT2D eigenvalue weighted by atomic mass is 10.1. The lowest BCUT2D eigenvalue weighted by Crippen LogP contribution is -2.05. The molecule has 5 rings (SSSR count). The van der Waals surface area contributed by atoms with Crippen LogP contribution >= 0.6 is 0 Å². The number of methoxy groups -OCH3 is 2. The van der Waals surface area contributed by atoms with Crippen LogP contribution in [0.15, 0.2) is 84.9 Å². The molecule has 0 unspecified atom stereocenters. The first-order valence-electron chi connectivity index (χ1n) is 12.8. The average molecular weight is 511 g/mol. The van der Waals surface area contributed by atoms with E-state index in [0.29, 0.717) is 36.3 Å². The zero-order valence-electron chi connectivity index (χ0n) is 22.6. The topological polar surface area (TPSA) is 65.6 Å². The van der Waals surface area contributed by atoms with E-state index in [-0.39, 0.29) is 0 Å². The van der Waals surface area contributed by atoms with E-state index < -0.39 is 0 Å². The Morgan fingerprint density at radius 2 is 1.32 bits per heavy atom. The number of H-pyrrole nitrogens is 1. The summed E-state index contributed by atoms with van der Waals surface area (Å²) in [5.41, 5.74) is 5.63. The van der Waals surface area contributed by atoms with E-state index in [4.69, 9.17) is 23.9 Å². The van der Waals surface area contributed by atoms with Crippen molar-refractivity contribution in [2.45, 2.75) is 34.0 Å². The van der Waals surface area contributed by atoms with Gasteiger partial charge in [0.15, 0.2) is 11.5 Å². The molecule has 0 saturated heterocycles. The average Bonchev–Trinajstić information content (AvgIpc) is 3.40. The van der Waals surface area contributed by atoms with Crippen LogP contribution in [0.2, 0.25) is 0 Å². The summed E-state index contributed by atoms with van der Waals surface area (Å²) in [6, 6.07) is 27.8. The van der Waals surface area contributed by atoms with Gasteiger partial charge in [0.2, 0.25) is 5.75 Å². The third-order valence-electron chi connectivity index (χ3n) is 6.07. The standard InChI is InChI=1S/C30H28N2O4.C2H6/c1-20-24(30-31-25-15-14-23(33-2)16-26(25)32-30)17-27(34-3)29(36-19-22-12-8-5-9-13-22)28(20)35-18-21-10-6-4-7-11-21;1-2/h4-17H,18-19H2,1-3H3,(H,31,32);1-2H3. The van der Waals surface area contributed by atoms with Crippen molar-refractivity contribution < 1.29 is 18.9 Å². The van der Waals surface area contributed by atoms with Crippen LogP contribution in [-0.4, -0.2) is 24.2 Å². The number of nitrogens with zero attached hydrogens (tertiary/aromatic N) is 1. The summed E-state index contributed by atoms with van der Waals surface area (Å²) in [4.78, 5) is 8.23.